The maximum Gasteiger partial charge on any atom is 0.0235 e. The Labute approximate surface area is 118 Å². The molecule has 2 atom stereocenters. The van der Waals surface area contributed by atoms with E-state index in [0.29, 0.717) is 6.04 Å². The van der Waals surface area contributed by atoms with Gasteiger partial charge in [0.05, 0.1) is 0 Å². The van der Waals surface area contributed by atoms with Crippen LogP contribution in [0.1, 0.15) is 26.3 Å². The molecule has 0 saturated carbocycles. The number of nitrogens with zero attached hydrogens (tertiary/aromatic N) is 1. The summed E-state index contributed by atoms with van der Waals surface area (Å²) in [6, 6.07) is 11.4. The summed E-state index contributed by atoms with van der Waals surface area (Å²) < 4.78 is 0. The Balaban J connectivity index is 1.83. The summed E-state index contributed by atoms with van der Waals surface area (Å²) in [4.78, 5) is 2.63. The Kier molecular flexibility index (Phi) is 5.41. The number of hydrogen-bond acceptors (Lipinski definition) is 2. The molecule has 0 bridgehead atoms. The molecule has 2 heteroatoms. The fourth-order valence-corrected chi connectivity index (χ4v) is 2.71. The zero-order chi connectivity index (χ0) is 13.7. The largest absolute Gasteiger partial charge is 0.311 e. The van der Waals surface area contributed by atoms with Crippen molar-refractivity contribution in [2.45, 2.75) is 33.2 Å². The minimum Gasteiger partial charge on any atom is -0.311 e. The van der Waals surface area contributed by atoms with Crippen LogP contribution in [0, 0.1) is 11.8 Å². The summed E-state index contributed by atoms with van der Waals surface area (Å²) in [5, 5.41) is 3.66. The fourth-order valence-electron chi connectivity index (χ4n) is 2.71. The molecule has 1 N–H and O–H groups in total. The van der Waals surface area contributed by atoms with Crippen molar-refractivity contribution in [2.24, 2.45) is 11.8 Å². The molecule has 1 fully saturated rings. The third-order valence-electron chi connectivity index (χ3n) is 4.35. The minimum absolute atomic E-state index is 0.607. The number of piperazine rings is 1. The van der Waals surface area contributed by atoms with E-state index in [1.807, 2.05) is 0 Å². The fraction of sp³-hybridized carbons (Fsp3) is 0.647. The van der Waals surface area contributed by atoms with Crippen LogP contribution in [0.4, 0.5) is 0 Å². The average molecular weight is 260 g/mol. The van der Waals surface area contributed by atoms with Gasteiger partial charge in [0, 0.05) is 32.2 Å². The highest BCUT2D eigenvalue weighted by atomic mass is 15.2. The van der Waals surface area contributed by atoms with Crippen LogP contribution in [0.3, 0.4) is 0 Å². The van der Waals surface area contributed by atoms with E-state index >= 15 is 0 Å². The van der Waals surface area contributed by atoms with Gasteiger partial charge < -0.3 is 10.2 Å². The number of benzene rings is 1. The topological polar surface area (TPSA) is 15.3 Å². The van der Waals surface area contributed by atoms with E-state index in [2.05, 4.69) is 61.3 Å². The molecule has 0 aliphatic carbocycles. The van der Waals surface area contributed by atoms with Crippen molar-refractivity contribution in [1.29, 1.82) is 0 Å². The van der Waals surface area contributed by atoms with E-state index < -0.39 is 0 Å². The quantitative estimate of drug-likeness (QED) is 0.876. The lowest BCUT2D eigenvalue weighted by Gasteiger charge is -2.36. The van der Waals surface area contributed by atoms with Gasteiger partial charge in [-0.25, -0.2) is 0 Å². The molecule has 1 aliphatic rings. The molecule has 0 radical (unpaired) electrons. The van der Waals surface area contributed by atoms with Gasteiger partial charge in [-0.3, -0.25) is 0 Å². The molecule has 1 saturated heterocycles. The van der Waals surface area contributed by atoms with Crippen LogP contribution in [0.5, 0.6) is 0 Å². The summed E-state index contributed by atoms with van der Waals surface area (Å²) in [5.41, 5.74) is 1.44. The van der Waals surface area contributed by atoms with Crippen molar-refractivity contribution in [1.82, 2.24) is 10.2 Å². The van der Waals surface area contributed by atoms with Crippen LogP contribution in [0.25, 0.3) is 0 Å². The molecule has 2 nitrogen and oxygen atoms in total. The van der Waals surface area contributed by atoms with Gasteiger partial charge in [-0.1, -0.05) is 51.1 Å². The first kappa shape index (κ1) is 14.5. The highest BCUT2D eigenvalue weighted by Gasteiger charge is 2.21. The van der Waals surface area contributed by atoms with Gasteiger partial charge in [-0.15, -0.1) is 0 Å². The third-order valence-corrected chi connectivity index (χ3v) is 4.35. The number of rotatable bonds is 5. The second kappa shape index (κ2) is 7.06. The zero-order valence-electron chi connectivity index (χ0n) is 12.6. The Hall–Kier alpha value is -0.860. The Morgan fingerprint density at radius 3 is 2.63 bits per heavy atom. The normalized spacial score (nSPS) is 22.6. The molecule has 0 amide bonds. The van der Waals surface area contributed by atoms with Gasteiger partial charge in [0.25, 0.3) is 0 Å². The van der Waals surface area contributed by atoms with Gasteiger partial charge in [0.1, 0.15) is 0 Å². The molecule has 2 unspecified atom stereocenters. The highest BCUT2D eigenvalue weighted by molar-refractivity contribution is 5.16. The van der Waals surface area contributed by atoms with Gasteiger partial charge >= 0.3 is 0 Å². The van der Waals surface area contributed by atoms with Crippen LogP contribution < -0.4 is 5.32 Å². The number of nitrogens with one attached hydrogen (secondary N) is 1. The first-order valence-corrected chi connectivity index (χ1v) is 7.65. The summed E-state index contributed by atoms with van der Waals surface area (Å²) in [5.74, 6) is 1.57. The third kappa shape index (κ3) is 4.63. The lowest BCUT2D eigenvalue weighted by molar-refractivity contribution is 0.161. The molecule has 1 aliphatic heterocycles. The van der Waals surface area contributed by atoms with Crippen molar-refractivity contribution in [3.63, 3.8) is 0 Å². The summed E-state index contributed by atoms with van der Waals surface area (Å²) in [6.07, 6.45) is 1.15. The standard InChI is InChI=1S/C17H28N2/c1-14(2)15(3)12-19-10-9-18-17(13-19)11-16-7-5-4-6-8-16/h4-8,14-15,17-18H,9-13H2,1-3H3. The van der Waals surface area contributed by atoms with E-state index in [1.54, 1.807) is 0 Å². The highest BCUT2D eigenvalue weighted by Crippen LogP contribution is 2.14. The average Bonchev–Trinajstić information content (AvgIpc) is 2.40. The molecule has 1 aromatic rings. The first-order chi connectivity index (χ1) is 9.15. The van der Waals surface area contributed by atoms with Crippen LogP contribution in [-0.4, -0.2) is 37.1 Å². The molecular formula is C17H28N2. The molecule has 0 spiro atoms. The van der Waals surface area contributed by atoms with Gasteiger partial charge in [0.15, 0.2) is 0 Å². The molecule has 106 valence electrons. The summed E-state index contributed by atoms with van der Waals surface area (Å²) in [6.45, 7) is 11.8. The van der Waals surface area contributed by atoms with Crippen LogP contribution in [0.2, 0.25) is 0 Å². The maximum absolute atomic E-state index is 3.66. The van der Waals surface area contributed by atoms with E-state index in [0.717, 1.165) is 24.8 Å². The van der Waals surface area contributed by atoms with Crippen molar-refractivity contribution in [3.8, 4) is 0 Å². The lowest BCUT2D eigenvalue weighted by Crippen LogP contribution is -2.52. The minimum atomic E-state index is 0.607. The Morgan fingerprint density at radius 1 is 1.21 bits per heavy atom. The van der Waals surface area contributed by atoms with Gasteiger partial charge in [-0.05, 0) is 23.8 Å². The monoisotopic (exact) mass is 260 g/mol. The second-order valence-corrected chi connectivity index (χ2v) is 6.32. The molecule has 1 heterocycles. The van der Waals surface area contributed by atoms with Crippen molar-refractivity contribution in [2.75, 3.05) is 26.2 Å². The van der Waals surface area contributed by atoms with E-state index in [4.69, 9.17) is 0 Å². The van der Waals surface area contributed by atoms with E-state index in [1.165, 1.54) is 25.2 Å². The molecule has 2 rings (SSSR count). The number of hydrogen-bond donors (Lipinski definition) is 1. The smallest absolute Gasteiger partial charge is 0.0235 e. The lowest BCUT2D eigenvalue weighted by atomic mass is 9.96. The Morgan fingerprint density at radius 2 is 1.95 bits per heavy atom. The SMILES string of the molecule is CC(C)C(C)CN1CCNC(Cc2ccccc2)C1. The van der Waals surface area contributed by atoms with E-state index in [-0.39, 0.29) is 0 Å². The Bertz CT molecular complexity index is 361. The predicted molar refractivity (Wildman–Crippen MR) is 82.4 cm³/mol. The van der Waals surface area contributed by atoms with Crippen LogP contribution in [0.15, 0.2) is 30.3 Å². The van der Waals surface area contributed by atoms with Crippen molar-refractivity contribution >= 4 is 0 Å². The zero-order valence-corrected chi connectivity index (χ0v) is 12.6. The molecular weight excluding hydrogens is 232 g/mol. The van der Waals surface area contributed by atoms with Crippen LogP contribution in [-0.2, 0) is 6.42 Å². The molecule has 1 aromatic carbocycles. The summed E-state index contributed by atoms with van der Waals surface area (Å²) in [7, 11) is 0. The summed E-state index contributed by atoms with van der Waals surface area (Å²) >= 11 is 0. The van der Waals surface area contributed by atoms with Crippen LogP contribution >= 0.6 is 0 Å². The van der Waals surface area contributed by atoms with Crippen molar-refractivity contribution < 1.29 is 0 Å². The molecule has 19 heavy (non-hydrogen) atoms. The van der Waals surface area contributed by atoms with Crippen molar-refractivity contribution in [3.05, 3.63) is 35.9 Å². The first-order valence-electron chi connectivity index (χ1n) is 7.65. The second-order valence-electron chi connectivity index (χ2n) is 6.32. The predicted octanol–water partition coefficient (Wildman–Crippen LogP) is 2.80. The van der Waals surface area contributed by atoms with E-state index in [9.17, 15) is 0 Å². The van der Waals surface area contributed by atoms with Gasteiger partial charge in [0.2, 0.25) is 0 Å². The molecule has 0 aromatic heterocycles. The van der Waals surface area contributed by atoms with Gasteiger partial charge in [-0.2, -0.15) is 0 Å². The maximum atomic E-state index is 3.66.